The van der Waals surface area contributed by atoms with E-state index in [4.69, 9.17) is 0 Å². The molecule has 2 rings (SSSR count). The van der Waals surface area contributed by atoms with Crippen LogP contribution in [0.5, 0.6) is 0 Å². The number of nitrogens with one attached hydrogen (secondary N) is 1. The van der Waals surface area contributed by atoms with E-state index in [9.17, 15) is 13.2 Å². The lowest BCUT2D eigenvalue weighted by molar-refractivity contribution is -0.119. The third kappa shape index (κ3) is 5.06. The zero-order valence-corrected chi connectivity index (χ0v) is 16.4. The van der Waals surface area contributed by atoms with Gasteiger partial charge in [0.05, 0.1) is 5.69 Å². The van der Waals surface area contributed by atoms with E-state index in [-0.39, 0.29) is 12.5 Å². The molecule has 0 aliphatic carbocycles. The van der Waals surface area contributed by atoms with Gasteiger partial charge in [-0.1, -0.05) is 47.5 Å². The van der Waals surface area contributed by atoms with Crippen molar-refractivity contribution in [1.29, 1.82) is 0 Å². The highest BCUT2D eigenvalue weighted by Crippen LogP contribution is 2.19. The fourth-order valence-electron chi connectivity index (χ4n) is 2.31. The van der Waals surface area contributed by atoms with Gasteiger partial charge in [-0.25, -0.2) is 4.31 Å². The SMILES string of the molecule is Cc1ccc(CNC(=O)CN(c2ccc(C)cc2)S(=O)(=O)N(C)C)cc1. The van der Waals surface area contributed by atoms with Crippen molar-refractivity contribution in [1.82, 2.24) is 9.62 Å². The average molecular weight is 375 g/mol. The third-order valence-corrected chi connectivity index (χ3v) is 5.78. The largest absolute Gasteiger partial charge is 0.350 e. The Hall–Kier alpha value is -2.38. The lowest BCUT2D eigenvalue weighted by Crippen LogP contribution is -2.45. The minimum atomic E-state index is -3.78. The first kappa shape index (κ1) is 19.9. The number of aryl methyl sites for hydroxylation is 2. The van der Waals surface area contributed by atoms with Crippen LogP contribution >= 0.6 is 0 Å². The molecule has 0 bridgehead atoms. The Bertz CT molecular complexity index is 845. The molecule has 0 spiro atoms. The summed E-state index contributed by atoms with van der Waals surface area (Å²) in [5, 5.41) is 2.78. The number of hydrogen-bond acceptors (Lipinski definition) is 3. The fourth-order valence-corrected chi connectivity index (χ4v) is 3.37. The molecule has 0 saturated carbocycles. The molecule has 0 aliphatic heterocycles. The van der Waals surface area contributed by atoms with Crippen LogP contribution in [0.1, 0.15) is 16.7 Å². The van der Waals surface area contributed by atoms with Gasteiger partial charge >= 0.3 is 10.2 Å². The molecule has 140 valence electrons. The van der Waals surface area contributed by atoms with Crippen molar-refractivity contribution in [3.05, 3.63) is 65.2 Å². The summed E-state index contributed by atoms with van der Waals surface area (Å²) >= 11 is 0. The summed E-state index contributed by atoms with van der Waals surface area (Å²) in [6.45, 7) is 3.98. The summed E-state index contributed by atoms with van der Waals surface area (Å²) in [6, 6.07) is 14.8. The lowest BCUT2D eigenvalue weighted by atomic mass is 10.1. The van der Waals surface area contributed by atoms with E-state index < -0.39 is 10.2 Å². The quantitative estimate of drug-likeness (QED) is 0.807. The van der Waals surface area contributed by atoms with E-state index in [1.54, 1.807) is 12.1 Å². The predicted molar refractivity (Wildman–Crippen MR) is 104 cm³/mol. The number of rotatable bonds is 7. The second-order valence-corrected chi connectivity index (χ2v) is 8.46. The van der Waals surface area contributed by atoms with Crippen LogP contribution in [0.4, 0.5) is 5.69 Å². The van der Waals surface area contributed by atoms with Gasteiger partial charge in [-0.3, -0.25) is 4.79 Å². The number of amides is 1. The number of nitrogens with zero attached hydrogens (tertiary/aromatic N) is 2. The van der Waals surface area contributed by atoms with Gasteiger partial charge in [0.25, 0.3) is 0 Å². The first-order valence-corrected chi connectivity index (χ1v) is 9.69. The van der Waals surface area contributed by atoms with Gasteiger partial charge in [0.15, 0.2) is 0 Å². The van der Waals surface area contributed by atoms with E-state index in [0.29, 0.717) is 12.2 Å². The van der Waals surface area contributed by atoms with Crippen molar-refractivity contribution in [3.63, 3.8) is 0 Å². The number of carbonyl (C=O) groups is 1. The molecule has 1 N–H and O–H groups in total. The van der Waals surface area contributed by atoms with Gasteiger partial charge in [0, 0.05) is 20.6 Å². The van der Waals surface area contributed by atoms with Gasteiger partial charge < -0.3 is 5.32 Å². The topological polar surface area (TPSA) is 69.7 Å². The third-order valence-electron chi connectivity index (χ3n) is 3.96. The molecule has 0 saturated heterocycles. The van der Waals surface area contributed by atoms with Crippen molar-refractivity contribution in [2.24, 2.45) is 0 Å². The first-order chi connectivity index (χ1) is 12.2. The first-order valence-electron chi connectivity index (χ1n) is 8.29. The molecular weight excluding hydrogens is 350 g/mol. The highest BCUT2D eigenvalue weighted by Gasteiger charge is 2.27. The molecule has 0 unspecified atom stereocenters. The molecule has 26 heavy (non-hydrogen) atoms. The van der Waals surface area contributed by atoms with Crippen LogP contribution in [0.3, 0.4) is 0 Å². The monoisotopic (exact) mass is 375 g/mol. The maximum atomic E-state index is 12.6. The molecule has 0 fully saturated rings. The molecule has 7 heteroatoms. The maximum absolute atomic E-state index is 12.6. The van der Waals surface area contributed by atoms with Crippen LogP contribution in [0.2, 0.25) is 0 Å². The van der Waals surface area contributed by atoms with Crippen LogP contribution in [0.15, 0.2) is 48.5 Å². The molecule has 2 aromatic rings. The van der Waals surface area contributed by atoms with Crippen LogP contribution < -0.4 is 9.62 Å². The number of benzene rings is 2. The molecule has 1 amide bonds. The van der Waals surface area contributed by atoms with Gasteiger partial charge in [0.2, 0.25) is 5.91 Å². The summed E-state index contributed by atoms with van der Waals surface area (Å²) in [5.74, 6) is -0.364. The lowest BCUT2D eigenvalue weighted by Gasteiger charge is -2.27. The standard InChI is InChI=1S/C19H25N3O3S/c1-15-5-9-17(10-6-15)13-20-19(23)14-22(26(24,25)21(3)4)18-11-7-16(2)8-12-18/h5-12H,13-14H2,1-4H3,(H,20,23). The minimum Gasteiger partial charge on any atom is -0.350 e. The second kappa shape index (κ2) is 8.33. The average Bonchev–Trinajstić information content (AvgIpc) is 2.60. The van der Waals surface area contributed by atoms with E-state index in [1.807, 2.05) is 50.2 Å². The summed E-state index contributed by atoms with van der Waals surface area (Å²) in [7, 11) is -0.892. The summed E-state index contributed by atoms with van der Waals surface area (Å²) in [4.78, 5) is 12.4. The van der Waals surface area contributed by atoms with Gasteiger partial charge in [-0.2, -0.15) is 12.7 Å². The van der Waals surface area contributed by atoms with Crippen LogP contribution in [-0.2, 0) is 21.5 Å². The molecule has 0 radical (unpaired) electrons. The zero-order chi connectivity index (χ0) is 19.3. The maximum Gasteiger partial charge on any atom is 0.304 e. The van der Waals surface area contributed by atoms with E-state index in [1.165, 1.54) is 14.1 Å². The smallest absolute Gasteiger partial charge is 0.304 e. The molecule has 0 aromatic heterocycles. The van der Waals surface area contributed by atoms with Gasteiger partial charge in [-0.15, -0.1) is 0 Å². The van der Waals surface area contributed by atoms with Crippen LogP contribution in [0.25, 0.3) is 0 Å². The van der Waals surface area contributed by atoms with Gasteiger partial charge in [-0.05, 0) is 31.5 Å². The van der Waals surface area contributed by atoms with Crippen molar-refractivity contribution in [2.45, 2.75) is 20.4 Å². The summed E-state index contributed by atoms with van der Waals surface area (Å²) in [5.41, 5.74) is 3.57. The highest BCUT2D eigenvalue weighted by molar-refractivity contribution is 7.90. The van der Waals surface area contributed by atoms with Gasteiger partial charge in [0.1, 0.15) is 6.54 Å². The molecular formula is C19H25N3O3S. The van der Waals surface area contributed by atoms with Crippen LogP contribution in [-0.4, -0.2) is 39.3 Å². The number of carbonyl (C=O) groups excluding carboxylic acids is 1. The van der Waals surface area contributed by atoms with Crippen molar-refractivity contribution < 1.29 is 13.2 Å². The van der Waals surface area contributed by atoms with Crippen molar-refractivity contribution >= 4 is 21.8 Å². The Morgan fingerprint density at radius 2 is 1.42 bits per heavy atom. The Morgan fingerprint density at radius 1 is 0.923 bits per heavy atom. The Labute approximate surface area is 155 Å². The Morgan fingerprint density at radius 3 is 1.92 bits per heavy atom. The molecule has 0 heterocycles. The fraction of sp³-hybridized carbons (Fsp3) is 0.316. The minimum absolute atomic E-state index is 0.282. The van der Waals surface area contributed by atoms with Crippen LogP contribution in [0, 0.1) is 13.8 Å². The molecule has 2 aromatic carbocycles. The second-order valence-electron chi connectivity index (χ2n) is 6.39. The van der Waals surface area contributed by atoms with Crippen molar-refractivity contribution in [3.8, 4) is 0 Å². The van der Waals surface area contributed by atoms with E-state index in [2.05, 4.69) is 5.32 Å². The summed E-state index contributed by atoms with van der Waals surface area (Å²) in [6.07, 6.45) is 0. The summed E-state index contributed by atoms with van der Waals surface area (Å²) < 4.78 is 27.5. The zero-order valence-electron chi connectivity index (χ0n) is 15.6. The number of anilines is 1. The van der Waals surface area contributed by atoms with E-state index in [0.717, 1.165) is 25.3 Å². The normalized spacial score (nSPS) is 11.4. The van der Waals surface area contributed by atoms with E-state index >= 15 is 0 Å². The molecule has 0 atom stereocenters. The molecule has 0 aliphatic rings. The highest BCUT2D eigenvalue weighted by atomic mass is 32.2. The number of hydrogen-bond donors (Lipinski definition) is 1. The Balaban J connectivity index is 2.14. The Kier molecular flexibility index (Phi) is 6.39. The molecule has 6 nitrogen and oxygen atoms in total. The van der Waals surface area contributed by atoms with Crippen molar-refractivity contribution in [2.75, 3.05) is 24.9 Å². The predicted octanol–water partition coefficient (Wildman–Crippen LogP) is 2.23.